The molecule has 8 heteroatoms. The minimum Gasteiger partial charge on any atom is -0.347 e. The quantitative estimate of drug-likeness (QED) is 0.609. The van der Waals surface area contributed by atoms with Crippen molar-refractivity contribution in [1.82, 2.24) is 19.9 Å². The van der Waals surface area contributed by atoms with Crippen LogP contribution in [0.1, 0.15) is 46.5 Å². The summed E-state index contributed by atoms with van der Waals surface area (Å²) in [5.74, 6) is -0.0288. The molecule has 0 aliphatic carbocycles. The third-order valence-electron chi connectivity index (χ3n) is 4.42. The Balaban J connectivity index is 1.60. The van der Waals surface area contributed by atoms with Crippen molar-refractivity contribution in [2.24, 2.45) is 0 Å². The Bertz CT molecular complexity index is 992. The topological polar surface area (TPSA) is 76.9 Å². The molecule has 28 heavy (non-hydrogen) atoms. The van der Waals surface area contributed by atoms with Crippen LogP contribution in [0.5, 0.6) is 0 Å². The van der Waals surface area contributed by atoms with Gasteiger partial charge in [-0.15, -0.1) is 11.3 Å². The molecule has 0 radical (unpaired) electrons. The standard InChI is InChI=1S/C20H24N4O2S2/c1-13-9-15(3)24(20(26)22-13)7-4-5-18(25)23-17(10-16-6-8-27-12-16)19-21-14(2)11-28-19/h6,8-9,11-12,17H,4-5,7,10H2,1-3H3,(H,23,25). The van der Waals surface area contributed by atoms with Crippen LogP contribution in [0.2, 0.25) is 0 Å². The maximum absolute atomic E-state index is 12.5. The normalized spacial score (nSPS) is 12.1. The molecule has 0 fully saturated rings. The van der Waals surface area contributed by atoms with Gasteiger partial charge in [-0.1, -0.05) is 0 Å². The van der Waals surface area contributed by atoms with Gasteiger partial charge >= 0.3 is 5.69 Å². The average molecular weight is 417 g/mol. The van der Waals surface area contributed by atoms with E-state index in [0.29, 0.717) is 25.1 Å². The lowest BCUT2D eigenvalue weighted by atomic mass is 10.1. The molecule has 1 unspecified atom stereocenters. The first kappa shape index (κ1) is 20.4. The first-order valence-corrected chi connectivity index (χ1v) is 11.0. The van der Waals surface area contributed by atoms with Gasteiger partial charge in [-0.05, 0) is 55.6 Å². The summed E-state index contributed by atoms with van der Waals surface area (Å²) in [5, 5.41) is 10.2. The molecule has 0 aromatic carbocycles. The number of hydrogen-bond acceptors (Lipinski definition) is 6. The minimum atomic E-state index is -0.258. The second-order valence-electron chi connectivity index (χ2n) is 6.86. The second kappa shape index (κ2) is 9.25. The zero-order chi connectivity index (χ0) is 20.1. The van der Waals surface area contributed by atoms with E-state index in [0.717, 1.165) is 22.8 Å². The summed E-state index contributed by atoms with van der Waals surface area (Å²) >= 11 is 3.22. The zero-order valence-electron chi connectivity index (χ0n) is 16.3. The fourth-order valence-corrected chi connectivity index (χ4v) is 4.62. The predicted octanol–water partition coefficient (Wildman–Crippen LogP) is 3.57. The highest BCUT2D eigenvalue weighted by molar-refractivity contribution is 7.09. The van der Waals surface area contributed by atoms with Crippen molar-refractivity contribution in [1.29, 1.82) is 0 Å². The lowest BCUT2D eigenvalue weighted by molar-refractivity contribution is -0.122. The molecule has 1 N–H and O–H groups in total. The first-order valence-electron chi connectivity index (χ1n) is 9.20. The Hall–Kier alpha value is -2.32. The van der Waals surface area contributed by atoms with Gasteiger partial charge in [0.25, 0.3) is 0 Å². The number of aromatic nitrogens is 3. The summed E-state index contributed by atoms with van der Waals surface area (Å²) in [6.07, 6.45) is 1.66. The van der Waals surface area contributed by atoms with Crippen LogP contribution in [0.4, 0.5) is 0 Å². The van der Waals surface area contributed by atoms with Gasteiger partial charge < -0.3 is 5.32 Å². The van der Waals surface area contributed by atoms with Crippen LogP contribution in [0.3, 0.4) is 0 Å². The maximum Gasteiger partial charge on any atom is 0.347 e. The molecular weight excluding hydrogens is 392 g/mol. The van der Waals surface area contributed by atoms with E-state index in [2.05, 4.69) is 26.7 Å². The number of carbonyl (C=O) groups excluding carboxylic acids is 1. The summed E-state index contributed by atoms with van der Waals surface area (Å²) < 4.78 is 1.62. The fourth-order valence-electron chi connectivity index (χ4n) is 3.09. The fraction of sp³-hybridized carbons (Fsp3) is 0.400. The Morgan fingerprint density at radius 1 is 1.21 bits per heavy atom. The molecule has 6 nitrogen and oxygen atoms in total. The summed E-state index contributed by atoms with van der Waals surface area (Å²) in [5.41, 5.74) is 3.48. The van der Waals surface area contributed by atoms with Gasteiger partial charge in [-0.25, -0.2) is 9.78 Å². The van der Waals surface area contributed by atoms with Crippen molar-refractivity contribution in [3.05, 3.63) is 66.4 Å². The van der Waals surface area contributed by atoms with E-state index in [9.17, 15) is 9.59 Å². The lowest BCUT2D eigenvalue weighted by Crippen LogP contribution is -2.30. The van der Waals surface area contributed by atoms with Gasteiger partial charge in [0.2, 0.25) is 5.91 Å². The van der Waals surface area contributed by atoms with Crippen LogP contribution in [0.15, 0.2) is 33.1 Å². The number of rotatable bonds is 8. The smallest absolute Gasteiger partial charge is 0.347 e. The van der Waals surface area contributed by atoms with Crippen LogP contribution in [0, 0.1) is 20.8 Å². The maximum atomic E-state index is 12.5. The number of thiazole rings is 1. The average Bonchev–Trinajstić information content (AvgIpc) is 3.28. The van der Waals surface area contributed by atoms with Crippen molar-refractivity contribution in [2.45, 2.75) is 52.6 Å². The van der Waals surface area contributed by atoms with E-state index in [-0.39, 0.29) is 17.6 Å². The predicted molar refractivity (Wildman–Crippen MR) is 113 cm³/mol. The SMILES string of the molecule is Cc1csc(C(Cc2ccsc2)NC(=O)CCCn2c(C)cc(C)nc2=O)n1. The highest BCUT2D eigenvalue weighted by Crippen LogP contribution is 2.23. The molecule has 148 valence electrons. The number of nitrogens with zero attached hydrogens (tertiary/aromatic N) is 3. The van der Waals surface area contributed by atoms with Crippen molar-refractivity contribution in [3.8, 4) is 0 Å². The molecule has 0 spiro atoms. The number of carbonyl (C=O) groups is 1. The second-order valence-corrected chi connectivity index (χ2v) is 8.53. The molecule has 1 amide bonds. The number of amides is 1. The van der Waals surface area contributed by atoms with Crippen LogP contribution >= 0.6 is 22.7 Å². The van der Waals surface area contributed by atoms with E-state index >= 15 is 0 Å². The summed E-state index contributed by atoms with van der Waals surface area (Å²) in [7, 11) is 0. The monoisotopic (exact) mass is 416 g/mol. The van der Waals surface area contributed by atoms with Crippen molar-refractivity contribution in [3.63, 3.8) is 0 Å². The van der Waals surface area contributed by atoms with Gasteiger partial charge in [0, 0.05) is 41.8 Å². The first-order chi connectivity index (χ1) is 13.4. The molecule has 0 saturated carbocycles. The molecule has 3 heterocycles. The minimum absolute atomic E-state index is 0.0288. The van der Waals surface area contributed by atoms with Crippen LogP contribution in [0.25, 0.3) is 0 Å². The highest BCUT2D eigenvalue weighted by atomic mass is 32.1. The van der Waals surface area contributed by atoms with E-state index in [4.69, 9.17) is 0 Å². The van der Waals surface area contributed by atoms with Crippen LogP contribution < -0.4 is 11.0 Å². The largest absolute Gasteiger partial charge is 0.347 e. The van der Waals surface area contributed by atoms with Gasteiger partial charge in [-0.3, -0.25) is 9.36 Å². The van der Waals surface area contributed by atoms with Crippen molar-refractivity contribution < 1.29 is 4.79 Å². The van der Waals surface area contributed by atoms with Crippen LogP contribution in [-0.2, 0) is 17.8 Å². The molecule has 0 saturated heterocycles. The third kappa shape index (κ3) is 5.36. The van der Waals surface area contributed by atoms with Gasteiger partial charge in [0.1, 0.15) is 5.01 Å². The number of aryl methyl sites for hydroxylation is 3. The van der Waals surface area contributed by atoms with Gasteiger partial charge in [0.05, 0.1) is 6.04 Å². The summed E-state index contributed by atoms with van der Waals surface area (Å²) in [4.78, 5) is 33.1. The van der Waals surface area contributed by atoms with Crippen molar-refractivity contribution in [2.75, 3.05) is 0 Å². The van der Waals surface area contributed by atoms with Crippen LogP contribution in [-0.4, -0.2) is 20.4 Å². The summed E-state index contributed by atoms with van der Waals surface area (Å²) in [6, 6.07) is 3.82. The highest BCUT2D eigenvalue weighted by Gasteiger charge is 2.18. The third-order valence-corrected chi connectivity index (χ3v) is 6.23. The molecule has 0 aliphatic heterocycles. The van der Waals surface area contributed by atoms with E-state index in [1.165, 1.54) is 5.56 Å². The Kier molecular flexibility index (Phi) is 6.74. The molecule has 0 bridgehead atoms. The van der Waals surface area contributed by atoms with Gasteiger partial charge in [0.15, 0.2) is 0 Å². The molecule has 1 atom stereocenters. The van der Waals surface area contributed by atoms with E-state index in [1.807, 2.05) is 30.7 Å². The summed E-state index contributed by atoms with van der Waals surface area (Å²) in [6.45, 7) is 6.13. The Morgan fingerprint density at radius 3 is 2.68 bits per heavy atom. The molecule has 3 rings (SSSR count). The van der Waals surface area contributed by atoms with Gasteiger partial charge in [-0.2, -0.15) is 16.3 Å². The molecule has 3 aromatic rings. The number of nitrogens with one attached hydrogen (secondary N) is 1. The Morgan fingerprint density at radius 2 is 2.04 bits per heavy atom. The number of thiophene rings is 1. The zero-order valence-corrected chi connectivity index (χ0v) is 17.9. The van der Waals surface area contributed by atoms with Crippen molar-refractivity contribution >= 4 is 28.6 Å². The molecule has 0 aliphatic rings. The van der Waals surface area contributed by atoms with E-state index in [1.54, 1.807) is 34.2 Å². The molecule has 3 aromatic heterocycles. The van der Waals surface area contributed by atoms with E-state index < -0.39 is 0 Å². The molecular formula is C20H24N4O2S2. The Labute approximate surface area is 172 Å². The number of hydrogen-bond donors (Lipinski definition) is 1. The lowest BCUT2D eigenvalue weighted by Gasteiger charge is -2.16.